The van der Waals surface area contributed by atoms with Crippen molar-refractivity contribution in [2.24, 2.45) is 5.73 Å². The van der Waals surface area contributed by atoms with Gasteiger partial charge in [-0.3, -0.25) is 10.1 Å². The van der Waals surface area contributed by atoms with Gasteiger partial charge in [0.2, 0.25) is 5.75 Å². The van der Waals surface area contributed by atoms with E-state index in [4.69, 9.17) is 15.2 Å². The summed E-state index contributed by atoms with van der Waals surface area (Å²) in [5.41, 5.74) is 5.44. The molecule has 3 unspecified atom stereocenters. The average Bonchev–Trinajstić information content (AvgIpc) is 2.40. The molecular weight excluding hydrogens is 347 g/mol. The van der Waals surface area contributed by atoms with Gasteiger partial charge < -0.3 is 15.2 Å². The lowest BCUT2D eigenvalue weighted by Gasteiger charge is -2.41. The number of halogens is 2. The first-order valence-corrected chi connectivity index (χ1v) is 7.40. The fraction of sp³-hybridized carbons (Fsp3) is 0.538. The normalized spacial score (nSPS) is 24.5. The zero-order valence-electron chi connectivity index (χ0n) is 11.4. The molecular formula is C13H16BrFN2O4. The van der Waals surface area contributed by atoms with Crippen LogP contribution in [0.5, 0.6) is 5.75 Å². The number of hydrogen-bond donors (Lipinski definition) is 1. The van der Waals surface area contributed by atoms with E-state index in [9.17, 15) is 14.5 Å². The van der Waals surface area contributed by atoms with Gasteiger partial charge in [-0.15, -0.1) is 0 Å². The van der Waals surface area contributed by atoms with Crippen LogP contribution in [-0.2, 0) is 4.74 Å². The lowest BCUT2D eigenvalue weighted by molar-refractivity contribution is -0.386. The number of hydrogen-bond acceptors (Lipinski definition) is 5. The Labute approximate surface area is 129 Å². The molecule has 1 aromatic rings. The molecule has 0 radical (unpaired) electrons. The van der Waals surface area contributed by atoms with Gasteiger partial charge in [0, 0.05) is 19.1 Å². The minimum absolute atomic E-state index is 0.00315. The van der Waals surface area contributed by atoms with Crippen LogP contribution in [0.4, 0.5) is 10.1 Å². The van der Waals surface area contributed by atoms with Crippen LogP contribution >= 0.6 is 15.9 Å². The van der Waals surface area contributed by atoms with Gasteiger partial charge in [-0.1, -0.05) is 6.92 Å². The van der Waals surface area contributed by atoms with Crippen molar-refractivity contribution in [1.82, 2.24) is 0 Å². The molecule has 0 heterocycles. The average molecular weight is 363 g/mol. The van der Waals surface area contributed by atoms with Crippen molar-refractivity contribution in [3.05, 3.63) is 32.5 Å². The first kappa shape index (κ1) is 16.1. The third-order valence-electron chi connectivity index (χ3n) is 3.26. The van der Waals surface area contributed by atoms with E-state index in [2.05, 4.69) is 15.9 Å². The Morgan fingerprint density at radius 2 is 2.29 bits per heavy atom. The molecule has 1 fully saturated rings. The monoisotopic (exact) mass is 362 g/mol. The Morgan fingerprint density at radius 3 is 2.86 bits per heavy atom. The maximum Gasteiger partial charge on any atom is 0.315 e. The van der Waals surface area contributed by atoms with Gasteiger partial charge in [-0.25, -0.2) is 4.39 Å². The van der Waals surface area contributed by atoms with Gasteiger partial charge in [-0.2, -0.15) is 0 Å². The summed E-state index contributed by atoms with van der Waals surface area (Å²) in [6.07, 6.45) is 0.708. The summed E-state index contributed by atoms with van der Waals surface area (Å²) in [6.45, 7) is 2.52. The van der Waals surface area contributed by atoms with Crippen LogP contribution in [0.1, 0.15) is 19.8 Å². The van der Waals surface area contributed by atoms with Crippen molar-refractivity contribution in [3.63, 3.8) is 0 Å². The molecule has 3 atom stereocenters. The quantitative estimate of drug-likeness (QED) is 0.620. The van der Waals surface area contributed by atoms with Gasteiger partial charge >= 0.3 is 5.69 Å². The minimum atomic E-state index is -0.704. The summed E-state index contributed by atoms with van der Waals surface area (Å²) in [5, 5.41) is 11.0. The van der Waals surface area contributed by atoms with Crippen molar-refractivity contribution in [2.45, 2.75) is 38.0 Å². The van der Waals surface area contributed by atoms with Gasteiger partial charge in [0.05, 0.1) is 15.5 Å². The number of nitrogens with two attached hydrogens (primary N) is 1. The first-order chi connectivity index (χ1) is 9.93. The predicted octanol–water partition coefficient (Wildman–Crippen LogP) is 2.77. The largest absolute Gasteiger partial charge is 0.480 e. The van der Waals surface area contributed by atoms with E-state index >= 15 is 0 Å². The second-order valence-electron chi connectivity index (χ2n) is 4.88. The molecule has 0 spiro atoms. The third kappa shape index (κ3) is 3.50. The Hall–Kier alpha value is -1.25. The molecule has 1 aromatic carbocycles. The number of nitro benzene ring substituents is 1. The van der Waals surface area contributed by atoms with E-state index in [1.54, 1.807) is 0 Å². The second-order valence-corrected chi connectivity index (χ2v) is 5.74. The van der Waals surface area contributed by atoms with Crippen molar-refractivity contribution in [3.8, 4) is 5.75 Å². The zero-order valence-corrected chi connectivity index (χ0v) is 13.0. The Kier molecular flexibility index (Phi) is 5.13. The lowest BCUT2D eigenvalue weighted by atomic mass is 9.86. The molecule has 6 nitrogen and oxygen atoms in total. The topological polar surface area (TPSA) is 87.6 Å². The van der Waals surface area contributed by atoms with E-state index in [1.165, 1.54) is 0 Å². The molecule has 2 N–H and O–H groups in total. The van der Waals surface area contributed by atoms with Gasteiger partial charge in [0.25, 0.3) is 0 Å². The number of ether oxygens (including phenoxy) is 2. The SMILES string of the molecule is CCCOC1C(N)CC1Oc1c(Br)cc(F)cc1[N+](=O)[O-]. The Bertz CT molecular complexity index is 543. The third-order valence-corrected chi connectivity index (χ3v) is 3.85. The summed E-state index contributed by atoms with van der Waals surface area (Å²) in [5.74, 6) is -0.701. The second kappa shape index (κ2) is 6.67. The van der Waals surface area contributed by atoms with Crippen LogP contribution in [0, 0.1) is 15.9 Å². The molecule has 116 valence electrons. The maximum atomic E-state index is 13.3. The maximum absolute atomic E-state index is 13.3. The molecule has 0 amide bonds. The van der Waals surface area contributed by atoms with Gasteiger partial charge in [-0.05, 0) is 28.4 Å². The van der Waals surface area contributed by atoms with Gasteiger partial charge in [0.15, 0.2) is 0 Å². The van der Waals surface area contributed by atoms with Crippen LogP contribution in [0.3, 0.4) is 0 Å². The zero-order chi connectivity index (χ0) is 15.6. The van der Waals surface area contributed by atoms with Crippen LogP contribution < -0.4 is 10.5 Å². The molecule has 0 aromatic heterocycles. The predicted molar refractivity (Wildman–Crippen MR) is 77.8 cm³/mol. The highest BCUT2D eigenvalue weighted by Crippen LogP contribution is 2.39. The van der Waals surface area contributed by atoms with Crippen LogP contribution in [0.2, 0.25) is 0 Å². The van der Waals surface area contributed by atoms with E-state index in [1.807, 2.05) is 6.92 Å². The van der Waals surface area contributed by atoms with Crippen molar-refractivity contribution >= 4 is 21.6 Å². The highest BCUT2D eigenvalue weighted by molar-refractivity contribution is 9.10. The van der Waals surface area contributed by atoms with E-state index in [-0.39, 0.29) is 28.5 Å². The molecule has 0 aliphatic heterocycles. The molecule has 0 saturated heterocycles. The van der Waals surface area contributed by atoms with Crippen LogP contribution in [-0.4, -0.2) is 29.8 Å². The van der Waals surface area contributed by atoms with Crippen LogP contribution in [0.15, 0.2) is 16.6 Å². The molecule has 1 aliphatic carbocycles. The first-order valence-electron chi connectivity index (χ1n) is 6.61. The summed E-state index contributed by atoms with van der Waals surface area (Å²) in [4.78, 5) is 10.3. The molecule has 1 saturated carbocycles. The minimum Gasteiger partial charge on any atom is -0.480 e. The molecule has 21 heavy (non-hydrogen) atoms. The van der Waals surface area contributed by atoms with Crippen molar-refractivity contribution < 1.29 is 18.8 Å². The highest BCUT2D eigenvalue weighted by atomic mass is 79.9. The molecule has 2 rings (SSSR count). The van der Waals surface area contributed by atoms with Crippen molar-refractivity contribution in [1.29, 1.82) is 0 Å². The molecule has 0 bridgehead atoms. The van der Waals surface area contributed by atoms with E-state index in [0.717, 1.165) is 18.6 Å². The van der Waals surface area contributed by atoms with Crippen LogP contribution in [0.25, 0.3) is 0 Å². The smallest absolute Gasteiger partial charge is 0.315 e. The standard InChI is InChI=1S/C13H16BrFN2O4/c1-2-3-20-13-9(16)6-11(13)21-12-8(14)4-7(15)5-10(12)17(18)19/h4-5,9,11,13H,2-3,6,16H2,1H3. The number of nitrogens with zero attached hydrogens (tertiary/aromatic N) is 1. The van der Waals surface area contributed by atoms with E-state index in [0.29, 0.717) is 13.0 Å². The molecule has 1 aliphatic rings. The summed E-state index contributed by atoms with van der Waals surface area (Å²) in [7, 11) is 0. The number of rotatable bonds is 6. The summed E-state index contributed by atoms with van der Waals surface area (Å²) >= 11 is 3.09. The van der Waals surface area contributed by atoms with E-state index < -0.39 is 16.4 Å². The summed E-state index contributed by atoms with van der Waals surface area (Å²) < 4.78 is 24.7. The lowest BCUT2D eigenvalue weighted by Crippen LogP contribution is -2.59. The number of nitro groups is 1. The highest BCUT2D eigenvalue weighted by Gasteiger charge is 2.42. The summed E-state index contributed by atoms with van der Waals surface area (Å²) in [6, 6.07) is 1.81. The van der Waals surface area contributed by atoms with Crippen molar-refractivity contribution in [2.75, 3.05) is 6.61 Å². The van der Waals surface area contributed by atoms with Gasteiger partial charge in [0.1, 0.15) is 18.0 Å². The molecule has 8 heteroatoms. The Balaban J connectivity index is 2.18. The fourth-order valence-corrected chi connectivity index (χ4v) is 2.68. The fourth-order valence-electron chi connectivity index (χ4n) is 2.17. The Morgan fingerprint density at radius 1 is 1.57 bits per heavy atom. The number of benzene rings is 1.